The lowest BCUT2D eigenvalue weighted by molar-refractivity contribution is 0.0953. The summed E-state index contributed by atoms with van der Waals surface area (Å²) in [5.74, 6) is -0.775. The zero-order chi connectivity index (χ0) is 21.7. The number of nitrogens with zero attached hydrogens (tertiary/aromatic N) is 1. The number of phenolic OH excluding ortho intramolecular Hbond substituents is 1. The van der Waals surface area contributed by atoms with E-state index in [1.807, 2.05) is 19.1 Å². The number of amides is 2. The van der Waals surface area contributed by atoms with Crippen LogP contribution in [-0.2, 0) is 0 Å². The lowest BCUT2D eigenvalue weighted by atomic mass is 10.1. The van der Waals surface area contributed by atoms with Gasteiger partial charge in [0.2, 0.25) is 0 Å². The first-order valence-electron chi connectivity index (χ1n) is 8.83. The second-order valence-electron chi connectivity index (χ2n) is 6.37. The molecule has 3 rings (SSSR count). The third-order valence-electron chi connectivity index (χ3n) is 4.20. The molecule has 0 unspecified atom stereocenters. The topological polar surface area (TPSA) is 90.8 Å². The van der Waals surface area contributed by atoms with Gasteiger partial charge in [0.15, 0.2) is 0 Å². The van der Waals surface area contributed by atoms with Gasteiger partial charge in [-0.3, -0.25) is 9.59 Å². The summed E-state index contributed by atoms with van der Waals surface area (Å²) in [5, 5.41) is 17.0. The molecule has 0 heterocycles. The number of phenols is 1. The number of aromatic hydroxyl groups is 1. The molecule has 2 amide bonds. The molecular formula is C22H17BrClN3O3. The summed E-state index contributed by atoms with van der Waals surface area (Å²) in [6, 6.07) is 16.8. The van der Waals surface area contributed by atoms with E-state index in [1.54, 1.807) is 42.5 Å². The molecule has 0 aliphatic rings. The van der Waals surface area contributed by atoms with Crippen LogP contribution in [0.4, 0.5) is 5.69 Å². The van der Waals surface area contributed by atoms with E-state index >= 15 is 0 Å². The van der Waals surface area contributed by atoms with Crippen LogP contribution in [0.3, 0.4) is 0 Å². The smallest absolute Gasteiger partial charge is 0.271 e. The predicted molar refractivity (Wildman–Crippen MR) is 121 cm³/mol. The molecule has 0 aromatic heterocycles. The maximum atomic E-state index is 12.5. The third kappa shape index (κ3) is 5.25. The van der Waals surface area contributed by atoms with Crippen LogP contribution in [0.25, 0.3) is 0 Å². The standard InChI is InChI=1S/C22H17BrClN3O3/c1-13-5-2-3-8-18(13)22(30)26-17-7-4-6-14(10-17)21(29)27-25-12-15-9-16(24)11-19(23)20(15)28/h2-12,28H,1H3,(H,26,30)(H,27,29)/b25-12+. The van der Waals surface area contributed by atoms with Crippen molar-refractivity contribution in [2.45, 2.75) is 6.92 Å². The van der Waals surface area contributed by atoms with Gasteiger partial charge >= 0.3 is 0 Å². The zero-order valence-corrected chi connectivity index (χ0v) is 18.2. The molecule has 0 spiro atoms. The number of hydrogen-bond acceptors (Lipinski definition) is 4. The molecule has 0 saturated heterocycles. The summed E-state index contributed by atoms with van der Waals surface area (Å²) in [6.07, 6.45) is 1.29. The van der Waals surface area contributed by atoms with E-state index in [2.05, 4.69) is 31.8 Å². The average molecular weight is 487 g/mol. The summed E-state index contributed by atoms with van der Waals surface area (Å²) in [5.41, 5.74) is 4.93. The van der Waals surface area contributed by atoms with Crippen LogP contribution in [-0.4, -0.2) is 23.1 Å². The van der Waals surface area contributed by atoms with Gasteiger partial charge in [-0.2, -0.15) is 5.10 Å². The molecule has 0 fully saturated rings. The summed E-state index contributed by atoms with van der Waals surface area (Å²) in [6.45, 7) is 1.85. The molecule has 3 aromatic rings. The number of benzene rings is 3. The van der Waals surface area contributed by atoms with Crippen molar-refractivity contribution in [1.29, 1.82) is 0 Å². The fraction of sp³-hybridized carbons (Fsp3) is 0.0455. The SMILES string of the molecule is Cc1ccccc1C(=O)Nc1cccc(C(=O)N/N=C/c2cc(Cl)cc(Br)c2O)c1. The van der Waals surface area contributed by atoms with Crippen LogP contribution in [0.5, 0.6) is 5.75 Å². The number of aryl methyl sites for hydroxylation is 1. The Morgan fingerprint density at radius 3 is 2.60 bits per heavy atom. The maximum absolute atomic E-state index is 12.5. The largest absolute Gasteiger partial charge is 0.506 e. The molecule has 152 valence electrons. The van der Waals surface area contributed by atoms with Crippen LogP contribution in [0.15, 0.2) is 70.2 Å². The quantitative estimate of drug-likeness (QED) is 0.345. The minimum absolute atomic E-state index is 0.0432. The van der Waals surface area contributed by atoms with Crippen molar-refractivity contribution >= 4 is 51.2 Å². The Labute approximate surface area is 186 Å². The highest BCUT2D eigenvalue weighted by Gasteiger charge is 2.11. The summed E-state index contributed by atoms with van der Waals surface area (Å²) >= 11 is 9.13. The highest BCUT2D eigenvalue weighted by Crippen LogP contribution is 2.30. The van der Waals surface area contributed by atoms with E-state index in [1.165, 1.54) is 12.3 Å². The first-order valence-corrected chi connectivity index (χ1v) is 10.0. The van der Waals surface area contributed by atoms with Crippen molar-refractivity contribution < 1.29 is 14.7 Å². The number of halogens is 2. The Morgan fingerprint density at radius 1 is 1.07 bits per heavy atom. The van der Waals surface area contributed by atoms with Gasteiger partial charge in [-0.15, -0.1) is 0 Å². The minimum Gasteiger partial charge on any atom is -0.506 e. The molecule has 8 heteroatoms. The lowest BCUT2D eigenvalue weighted by Gasteiger charge is -2.09. The number of rotatable bonds is 5. The van der Waals surface area contributed by atoms with Crippen molar-refractivity contribution in [1.82, 2.24) is 5.43 Å². The monoisotopic (exact) mass is 485 g/mol. The molecule has 0 aliphatic carbocycles. The number of hydrazone groups is 1. The van der Waals surface area contributed by atoms with E-state index in [9.17, 15) is 14.7 Å². The first kappa shape index (κ1) is 21.5. The van der Waals surface area contributed by atoms with Gasteiger partial charge in [0.25, 0.3) is 11.8 Å². The van der Waals surface area contributed by atoms with Gasteiger partial charge < -0.3 is 10.4 Å². The van der Waals surface area contributed by atoms with Crippen molar-refractivity contribution in [3.8, 4) is 5.75 Å². The number of carbonyl (C=O) groups excluding carboxylic acids is 2. The fourth-order valence-electron chi connectivity index (χ4n) is 2.67. The van der Waals surface area contributed by atoms with Crippen molar-refractivity contribution in [2.75, 3.05) is 5.32 Å². The minimum atomic E-state index is -0.473. The average Bonchev–Trinajstić information content (AvgIpc) is 2.71. The second-order valence-corrected chi connectivity index (χ2v) is 7.67. The Morgan fingerprint density at radius 2 is 1.83 bits per heavy atom. The molecule has 0 aliphatic heterocycles. The van der Waals surface area contributed by atoms with E-state index in [4.69, 9.17) is 11.6 Å². The first-order chi connectivity index (χ1) is 14.3. The van der Waals surface area contributed by atoms with Crippen LogP contribution in [0.1, 0.15) is 31.8 Å². The molecule has 3 aromatic carbocycles. The molecule has 0 radical (unpaired) electrons. The van der Waals surface area contributed by atoms with Crippen LogP contribution >= 0.6 is 27.5 Å². The van der Waals surface area contributed by atoms with E-state index < -0.39 is 5.91 Å². The molecular weight excluding hydrogens is 470 g/mol. The summed E-state index contributed by atoms with van der Waals surface area (Å²) in [7, 11) is 0. The Bertz CT molecular complexity index is 1150. The normalized spacial score (nSPS) is 10.8. The van der Waals surface area contributed by atoms with Crippen LogP contribution in [0, 0.1) is 6.92 Å². The zero-order valence-electron chi connectivity index (χ0n) is 15.8. The second kappa shape index (κ2) is 9.56. The number of carbonyl (C=O) groups is 2. The van der Waals surface area contributed by atoms with Crippen LogP contribution in [0.2, 0.25) is 5.02 Å². The lowest BCUT2D eigenvalue weighted by Crippen LogP contribution is -2.18. The fourth-order valence-corrected chi connectivity index (χ4v) is 3.51. The van der Waals surface area contributed by atoms with Gasteiger partial charge in [-0.05, 0) is 64.8 Å². The van der Waals surface area contributed by atoms with Crippen molar-refractivity contribution in [3.63, 3.8) is 0 Å². The number of anilines is 1. The highest BCUT2D eigenvalue weighted by molar-refractivity contribution is 9.10. The van der Waals surface area contributed by atoms with E-state index in [0.29, 0.717) is 31.9 Å². The van der Waals surface area contributed by atoms with Crippen molar-refractivity contribution in [2.24, 2.45) is 5.10 Å². The molecule has 0 bridgehead atoms. The number of nitrogens with one attached hydrogen (secondary N) is 2. The summed E-state index contributed by atoms with van der Waals surface area (Å²) in [4.78, 5) is 24.8. The van der Waals surface area contributed by atoms with Crippen molar-refractivity contribution in [3.05, 3.63) is 92.4 Å². The van der Waals surface area contributed by atoms with Crippen LogP contribution < -0.4 is 10.7 Å². The Balaban J connectivity index is 1.69. The molecule has 30 heavy (non-hydrogen) atoms. The van der Waals surface area contributed by atoms with Gasteiger partial charge in [-0.1, -0.05) is 35.9 Å². The molecule has 3 N–H and O–H groups in total. The summed E-state index contributed by atoms with van der Waals surface area (Å²) < 4.78 is 0.417. The molecule has 0 saturated carbocycles. The highest BCUT2D eigenvalue weighted by atomic mass is 79.9. The van der Waals surface area contributed by atoms with Gasteiger partial charge in [-0.25, -0.2) is 5.43 Å². The van der Waals surface area contributed by atoms with E-state index in [0.717, 1.165) is 5.56 Å². The van der Waals surface area contributed by atoms with Gasteiger partial charge in [0.05, 0.1) is 10.7 Å². The maximum Gasteiger partial charge on any atom is 0.271 e. The van der Waals surface area contributed by atoms with Gasteiger partial charge in [0.1, 0.15) is 5.75 Å². The molecule has 0 atom stereocenters. The predicted octanol–water partition coefficient (Wildman–Crippen LogP) is 5.13. The Kier molecular flexibility index (Phi) is 6.87. The number of hydrogen-bond donors (Lipinski definition) is 3. The van der Waals surface area contributed by atoms with Gasteiger partial charge in [0, 0.05) is 27.4 Å². The van der Waals surface area contributed by atoms with E-state index in [-0.39, 0.29) is 11.7 Å². The molecule has 6 nitrogen and oxygen atoms in total. The Hall–Kier alpha value is -3.16. The third-order valence-corrected chi connectivity index (χ3v) is 5.02.